The van der Waals surface area contributed by atoms with Gasteiger partial charge in [0.25, 0.3) is 0 Å². The Morgan fingerprint density at radius 2 is 2.12 bits per heavy atom. The molecule has 0 atom stereocenters. The molecule has 88 valence electrons. The SMILES string of the molecule is Br.Cn1cnc2c(OS(=O)(=O)F)cccc21. The number of benzene rings is 1. The summed E-state index contributed by atoms with van der Waals surface area (Å²) in [6.07, 6.45) is 1.49. The van der Waals surface area contributed by atoms with Gasteiger partial charge in [0.05, 0.1) is 11.8 Å². The van der Waals surface area contributed by atoms with Crippen molar-refractivity contribution in [3.8, 4) is 5.75 Å². The van der Waals surface area contributed by atoms with Crippen LogP contribution in [0, 0.1) is 0 Å². The van der Waals surface area contributed by atoms with E-state index in [1.54, 1.807) is 23.7 Å². The van der Waals surface area contributed by atoms with E-state index in [4.69, 9.17) is 0 Å². The number of fused-ring (bicyclic) bond motifs is 1. The predicted molar refractivity (Wildman–Crippen MR) is 61.7 cm³/mol. The molecule has 0 saturated carbocycles. The molecule has 2 aromatic rings. The zero-order valence-corrected chi connectivity index (χ0v) is 10.7. The number of imidazole rings is 1. The van der Waals surface area contributed by atoms with Crippen molar-refractivity contribution in [3.05, 3.63) is 24.5 Å². The van der Waals surface area contributed by atoms with Crippen molar-refractivity contribution in [2.24, 2.45) is 7.05 Å². The van der Waals surface area contributed by atoms with Crippen LogP contribution in [-0.4, -0.2) is 18.0 Å². The lowest BCUT2D eigenvalue weighted by atomic mass is 10.3. The van der Waals surface area contributed by atoms with E-state index in [0.717, 1.165) is 0 Å². The fourth-order valence-electron chi connectivity index (χ4n) is 1.31. The molecule has 1 heterocycles. The molecule has 0 aliphatic carbocycles. The molecule has 0 aliphatic rings. The van der Waals surface area contributed by atoms with Crippen LogP contribution in [-0.2, 0) is 17.6 Å². The second-order valence-electron chi connectivity index (χ2n) is 2.96. The summed E-state index contributed by atoms with van der Waals surface area (Å²) >= 11 is 0. The molecule has 0 saturated heterocycles. The molecule has 0 radical (unpaired) electrons. The lowest BCUT2D eigenvalue weighted by molar-refractivity contribution is 0.442. The van der Waals surface area contributed by atoms with Gasteiger partial charge in [0.2, 0.25) is 0 Å². The zero-order valence-electron chi connectivity index (χ0n) is 8.12. The molecule has 0 aliphatic heterocycles. The van der Waals surface area contributed by atoms with Crippen LogP contribution in [0.4, 0.5) is 3.89 Å². The first-order valence-electron chi connectivity index (χ1n) is 4.01. The van der Waals surface area contributed by atoms with E-state index in [0.29, 0.717) is 11.0 Å². The van der Waals surface area contributed by atoms with Crippen molar-refractivity contribution in [2.45, 2.75) is 0 Å². The maximum absolute atomic E-state index is 12.3. The lowest BCUT2D eigenvalue weighted by Gasteiger charge is -2.00. The van der Waals surface area contributed by atoms with Crippen LogP contribution >= 0.6 is 17.0 Å². The van der Waals surface area contributed by atoms with E-state index in [-0.39, 0.29) is 22.7 Å². The number of hydrogen-bond donors (Lipinski definition) is 0. The van der Waals surface area contributed by atoms with Crippen molar-refractivity contribution in [3.63, 3.8) is 0 Å². The minimum absolute atomic E-state index is 0. The summed E-state index contributed by atoms with van der Waals surface area (Å²) in [4.78, 5) is 3.91. The largest absolute Gasteiger partial charge is 0.488 e. The van der Waals surface area contributed by atoms with E-state index in [9.17, 15) is 12.3 Å². The van der Waals surface area contributed by atoms with E-state index < -0.39 is 10.5 Å². The van der Waals surface area contributed by atoms with Crippen LogP contribution in [0.15, 0.2) is 24.5 Å². The molecule has 0 unspecified atom stereocenters. The van der Waals surface area contributed by atoms with Gasteiger partial charge in [-0.1, -0.05) is 9.95 Å². The Balaban J connectivity index is 0.00000128. The van der Waals surface area contributed by atoms with Crippen LogP contribution in [0.3, 0.4) is 0 Å². The molecule has 1 aromatic carbocycles. The third-order valence-corrected chi connectivity index (χ3v) is 2.29. The maximum atomic E-state index is 12.3. The molecule has 0 amide bonds. The van der Waals surface area contributed by atoms with Crippen LogP contribution in [0.1, 0.15) is 0 Å². The number of nitrogens with zero attached hydrogens (tertiary/aromatic N) is 2. The predicted octanol–water partition coefficient (Wildman–Crippen LogP) is 1.74. The Hall–Kier alpha value is -1.15. The first-order chi connectivity index (χ1) is 6.97. The minimum atomic E-state index is -5.01. The van der Waals surface area contributed by atoms with Crippen molar-refractivity contribution >= 4 is 38.5 Å². The van der Waals surface area contributed by atoms with Crippen molar-refractivity contribution < 1.29 is 16.5 Å². The van der Waals surface area contributed by atoms with Gasteiger partial charge in [-0.25, -0.2) is 4.98 Å². The van der Waals surface area contributed by atoms with Gasteiger partial charge in [0, 0.05) is 7.05 Å². The molecule has 8 heteroatoms. The molecule has 0 spiro atoms. The highest BCUT2D eigenvalue weighted by Crippen LogP contribution is 2.24. The van der Waals surface area contributed by atoms with Crippen molar-refractivity contribution in [1.82, 2.24) is 9.55 Å². The molecule has 2 rings (SSSR count). The van der Waals surface area contributed by atoms with E-state index in [1.807, 2.05) is 0 Å². The number of para-hydroxylation sites is 1. The smallest absolute Gasteiger partial charge is 0.356 e. The highest BCUT2D eigenvalue weighted by Gasteiger charge is 2.14. The van der Waals surface area contributed by atoms with Gasteiger partial charge in [0.15, 0.2) is 5.75 Å². The maximum Gasteiger partial charge on any atom is 0.488 e. The summed E-state index contributed by atoms with van der Waals surface area (Å²) in [7, 11) is -3.27. The van der Waals surface area contributed by atoms with Gasteiger partial charge >= 0.3 is 10.5 Å². The summed E-state index contributed by atoms with van der Waals surface area (Å²) in [6.45, 7) is 0. The van der Waals surface area contributed by atoms with Crippen LogP contribution < -0.4 is 4.18 Å². The van der Waals surface area contributed by atoms with Crippen LogP contribution in [0.5, 0.6) is 5.75 Å². The topological polar surface area (TPSA) is 61.2 Å². The Bertz CT molecular complexity index is 611. The second kappa shape index (κ2) is 4.38. The molecular formula is C8H8BrFN2O3S. The molecule has 0 N–H and O–H groups in total. The number of hydrogen-bond acceptors (Lipinski definition) is 4. The average Bonchev–Trinajstić information content (AvgIpc) is 2.47. The van der Waals surface area contributed by atoms with Crippen LogP contribution in [0.25, 0.3) is 11.0 Å². The normalized spacial score (nSPS) is 11.1. The van der Waals surface area contributed by atoms with Gasteiger partial charge in [-0.05, 0) is 12.1 Å². The fraction of sp³-hybridized carbons (Fsp3) is 0.125. The molecule has 0 fully saturated rings. The molecule has 16 heavy (non-hydrogen) atoms. The molecular weight excluding hydrogens is 303 g/mol. The van der Waals surface area contributed by atoms with E-state index in [2.05, 4.69) is 9.17 Å². The second-order valence-corrected chi connectivity index (χ2v) is 3.91. The number of aromatic nitrogens is 2. The molecule has 1 aromatic heterocycles. The number of aryl methyl sites for hydroxylation is 1. The summed E-state index contributed by atoms with van der Waals surface area (Å²) in [6, 6.07) is 4.62. The Morgan fingerprint density at radius 3 is 2.75 bits per heavy atom. The third-order valence-electron chi connectivity index (χ3n) is 1.91. The Kier molecular flexibility index (Phi) is 3.54. The first-order valence-corrected chi connectivity index (χ1v) is 5.32. The molecule has 5 nitrogen and oxygen atoms in total. The van der Waals surface area contributed by atoms with Crippen molar-refractivity contribution in [1.29, 1.82) is 0 Å². The monoisotopic (exact) mass is 310 g/mol. The van der Waals surface area contributed by atoms with Gasteiger partial charge in [-0.2, -0.15) is 8.42 Å². The summed E-state index contributed by atoms with van der Waals surface area (Å²) in [5.74, 6) is -0.115. The minimum Gasteiger partial charge on any atom is -0.356 e. The number of halogens is 2. The van der Waals surface area contributed by atoms with E-state index in [1.165, 1.54) is 12.4 Å². The highest BCUT2D eigenvalue weighted by atomic mass is 79.9. The van der Waals surface area contributed by atoms with Gasteiger partial charge in [0.1, 0.15) is 5.52 Å². The number of rotatable bonds is 2. The first kappa shape index (κ1) is 12.9. The van der Waals surface area contributed by atoms with E-state index >= 15 is 0 Å². The standard InChI is InChI=1S/C8H7FN2O3S.BrH/c1-11-5-10-8-6(11)3-2-4-7(8)14-15(9,12)13;/h2-5H,1H3;1H. The van der Waals surface area contributed by atoms with Gasteiger partial charge < -0.3 is 8.75 Å². The summed E-state index contributed by atoms with van der Waals surface area (Å²) < 4.78 is 38.8. The Morgan fingerprint density at radius 1 is 1.44 bits per heavy atom. The zero-order chi connectivity index (χ0) is 11.1. The Labute approximate surface area is 102 Å². The van der Waals surface area contributed by atoms with Gasteiger partial charge in [-0.3, -0.25) is 0 Å². The van der Waals surface area contributed by atoms with Gasteiger partial charge in [-0.15, -0.1) is 17.0 Å². The van der Waals surface area contributed by atoms with Crippen LogP contribution in [0.2, 0.25) is 0 Å². The third kappa shape index (κ3) is 2.50. The fourth-order valence-corrected chi connectivity index (χ4v) is 1.66. The summed E-state index contributed by atoms with van der Waals surface area (Å²) in [5, 5.41) is 0. The highest BCUT2D eigenvalue weighted by molar-refractivity contribution is 8.93. The average molecular weight is 311 g/mol. The summed E-state index contributed by atoms with van der Waals surface area (Å²) in [5.41, 5.74) is 0.970. The molecule has 0 bridgehead atoms. The quantitative estimate of drug-likeness (QED) is 0.793. The lowest BCUT2D eigenvalue weighted by Crippen LogP contribution is -2.01. The van der Waals surface area contributed by atoms with Crippen molar-refractivity contribution in [2.75, 3.05) is 0 Å².